The van der Waals surface area contributed by atoms with E-state index >= 15 is 0 Å². The van der Waals surface area contributed by atoms with Crippen molar-refractivity contribution in [1.82, 2.24) is 19.3 Å². The largest absolute Gasteiger partial charge is 0.416 e. The van der Waals surface area contributed by atoms with E-state index in [2.05, 4.69) is 203 Å². The molecule has 0 atom stereocenters. The van der Waals surface area contributed by atoms with Crippen LogP contribution < -0.4 is 0 Å². The average Bonchev–Trinajstić information content (AvgIpc) is 3.98. The van der Waals surface area contributed by atoms with Gasteiger partial charge in [0.1, 0.15) is 0 Å². The molecule has 8 aromatic carbocycles. The molecular formula is C50H32N4O. The van der Waals surface area contributed by atoms with Crippen LogP contribution in [0, 0.1) is 0 Å². The lowest BCUT2D eigenvalue weighted by molar-refractivity contribution is 0.585. The van der Waals surface area contributed by atoms with Crippen molar-refractivity contribution in [2.45, 2.75) is 0 Å². The van der Waals surface area contributed by atoms with Crippen LogP contribution in [0.25, 0.3) is 100 Å². The Balaban J connectivity index is 1.09. The molecule has 55 heavy (non-hydrogen) atoms. The highest BCUT2D eigenvalue weighted by Crippen LogP contribution is 2.42. The second-order valence-electron chi connectivity index (χ2n) is 13.9. The van der Waals surface area contributed by atoms with Crippen LogP contribution >= 0.6 is 0 Å². The van der Waals surface area contributed by atoms with Crippen LogP contribution in [0.2, 0.25) is 0 Å². The van der Waals surface area contributed by atoms with E-state index in [4.69, 9.17) is 14.6 Å². The monoisotopic (exact) mass is 704 g/mol. The Morgan fingerprint density at radius 3 is 1.51 bits per heavy atom. The number of para-hydroxylation sites is 3. The van der Waals surface area contributed by atoms with Gasteiger partial charge in [0, 0.05) is 38.5 Å². The topological polar surface area (TPSA) is 48.8 Å². The van der Waals surface area contributed by atoms with Gasteiger partial charge in [-0.25, -0.2) is 0 Å². The van der Waals surface area contributed by atoms with E-state index in [9.17, 15) is 0 Å². The maximum absolute atomic E-state index is 6.75. The maximum atomic E-state index is 6.75. The van der Waals surface area contributed by atoms with E-state index in [1.54, 1.807) is 0 Å². The van der Waals surface area contributed by atoms with E-state index in [1.165, 1.54) is 16.7 Å². The van der Waals surface area contributed by atoms with Crippen LogP contribution in [0.1, 0.15) is 0 Å². The molecule has 0 radical (unpaired) electrons. The smallest absolute Gasteiger partial charge is 0.250 e. The van der Waals surface area contributed by atoms with Gasteiger partial charge in [0.15, 0.2) is 0 Å². The minimum atomic E-state index is 0.472. The summed E-state index contributed by atoms with van der Waals surface area (Å²) >= 11 is 0. The zero-order chi connectivity index (χ0) is 36.3. The number of rotatable bonds is 6. The van der Waals surface area contributed by atoms with Gasteiger partial charge in [-0.15, -0.1) is 10.2 Å². The maximum Gasteiger partial charge on any atom is 0.250 e. The number of benzene rings is 8. The predicted molar refractivity (Wildman–Crippen MR) is 225 cm³/mol. The molecule has 0 aliphatic rings. The van der Waals surface area contributed by atoms with Gasteiger partial charge in [-0.1, -0.05) is 140 Å². The first-order valence-electron chi connectivity index (χ1n) is 18.5. The van der Waals surface area contributed by atoms with E-state index < -0.39 is 0 Å². The first-order valence-corrected chi connectivity index (χ1v) is 18.5. The molecule has 3 heterocycles. The summed E-state index contributed by atoms with van der Waals surface area (Å²) < 4.78 is 11.4. The molecule has 11 rings (SSSR count). The van der Waals surface area contributed by atoms with Gasteiger partial charge >= 0.3 is 0 Å². The lowest BCUT2D eigenvalue weighted by atomic mass is 10.0. The lowest BCUT2D eigenvalue weighted by Gasteiger charge is -2.12. The summed E-state index contributed by atoms with van der Waals surface area (Å²) in [6, 6.07) is 68.2. The Hall–Kier alpha value is -7.50. The van der Waals surface area contributed by atoms with Crippen molar-refractivity contribution < 1.29 is 4.42 Å². The van der Waals surface area contributed by atoms with Crippen LogP contribution in [0.4, 0.5) is 0 Å². The van der Waals surface area contributed by atoms with Gasteiger partial charge in [-0.3, -0.25) is 0 Å². The quantitative estimate of drug-likeness (QED) is 0.173. The summed E-state index contributed by atoms with van der Waals surface area (Å²) in [5, 5.41) is 14.0. The molecule has 5 heteroatoms. The molecule has 5 nitrogen and oxygen atoms in total. The van der Waals surface area contributed by atoms with Gasteiger partial charge in [-0.2, -0.15) is 0 Å². The molecule has 0 N–H and O–H groups in total. The van der Waals surface area contributed by atoms with Crippen LogP contribution in [0.3, 0.4) is 0 Å². The van der Waals surface area contributed by atoms with Crippen molar-refractivity contribution in [3.8, 4) is 56.5 Å². The van der Waals surface area contributed by atoms with Gasteiger partial charge in [0.25, 0.3) is 0 Å². The molecule has 0 spiro atoms. The fourth-order valence-electron chi connectivity index (χ4n) is 8.29. The highest BCUT2D eigenvalue weighted by Gasteiger charge is 2.23. The molecule has 3 aromatic heterocycles. The molecule has 0 bridgehead atoms. The van der Waals surface area contributed by atoms with E-state index in [-0.39, 0.29) is 0 Å². The summed E-state index contributed by atoms with van der Waals surface area (Å²) in [4.78, 5) is 0. The molecule has 0 aliphatic heterocycles. The molecule has 0 aliphatic carbocycles. The number of aromatic nitrogens is 4. The van der Waals surface area contributed by atoms with Crippen LogP contribution in [-0.2, 0) is 0 Å². The van der Waals surface area contributed by atoms with E-state index in [0.717, 1.165) is 71.7 Å². The molecule has 0 fully saturated rings. The van der Waals surface area contributed by atoms with Crippen molar-refractivity contribution in [3.05, 3.63) is 194 Å². The number of hydrogen-bond acceptors (Lipinski definition) is 3. The zero-order valence-electron chi connectivity index (χ0n) is 29.7. The van der Waals surface area contributed by atoms with E-state index in [0.29, 0.717) is 11.8 Å². The molecule has 0 saturated heterocycles. The lowest BCUT2D eigenvalue weighted by Crippen LogP contribution is -1.96. The molecule has 0 unspecified atom stereocenters. The van der Waals surface area contributed by atoms with Crippen LogP contribution in [0.15, 0.2) is 199 Å². The zero-order valence-corrected chi connectivity index (χ0v) is 29.7. The summed E-state index contributed by atoms with van der Waals surface area (Å²) in [5.41, 5.74) is 12.9. The Morgan fingerprint density at radius 1 is 0.345 bits per heavy atom. The number of nitrogens with zero attached hydrogens (tertiary/aromatic N) is 4. The van der Waals surface area contributed by atoms with Gasteiger partial charge in [0.05, 0.1) is 27.6 Å². The second kappa shape index (κ2) is 12.6. The molecule has 258 valence electrons. The number of hydrogen-bond donors (Lipinski definition) is 0. The minimum Gasteiger partial charge on any atom is -0.416 e. The fraction of sp³-hybridized carbons (Fsp3) is 0. The van der Waals surface area contributed by atoms with Crippen molar-refractivity contribution in [3.63, 3.8) is 0 Å². The van der Waals surface area contributed by atoms with Crippen molar-refractivity contribution in [1.29, 1.82) is 0 Å². The van der Waals surface area contributed by atoms with Crippen molar-refractivity contribution >= 4 is 43.6 Å². The third-order valence-electron chi connectivity index (χ3n) is 10.7. The normalized spacial score (nSPS) is 11.6. The summed E-state index contributed by atoms with van der Waals surface area (Å²) in [6.45, 7) is 0. The minimum absolute atomic E-state index is 0.472. The van der Waals surface area contributed by atoms with E-state index in [1.807, 2.05) is 0 Å². The van der Waals surface area contributed by atoms with Crippen molar-refractivity contribution in [2.24, 2.45) is 0 Å². The second-order valence-corrected chi connectivity index (χ2v) is 13.9. The third kappa shape index (κ3) is 5.02. The van der Waals surface area contributed by atoms with Gasteiger partial charge < -0.3 is 13.6 Å². The first-order chi connectivity index (χ1) is 27.3. The fourth-order valence-corrected chi connectivity index (χ4v) is 8.29. The molecule has 11 aromatic rings. The SMILES string of the molecule is c1ccc(-c2cccc(-n3c4ccccc4c4c(-c5nnc(-c6cccc7c8ccccc8n(-c8cccc(-c9ccccc9)c8)c67)o5)cccc43)c2)cc1. The predicted octanol–water partition coefficient (Wildman–Crippen LogP) is 12.9. The average molecular weight is 705 g/mol. The standard InChI is InChI=1S/C50H32N4O/c1-3-15-33(16-4-1)35-19-11-21-37(31-35)53-45-29-10-8-24-41(45)47-42(26-14-30-46(47)53)49-51-52-50(55-49)43-27-13-25-40-39-23-7-9-28-44(39)54(48(40)43)38-22-12-20-36(32-38)34-17-5-2-6-18-34/h1-32H. The first kappa shape index (κ1) is 31.1. The van der Waals surface area contributed by atoms with Crippen LogP contribution in [-0.4, -0.2) is 19.3 Å². The third-order valence-corrected chi connectivity index (χ3v) is 10.7. The summed E-state index contributed by atoms with van der Waals surface area (Å²) in [5.74, 6) is 0.951. The number of fused-ring (bicyclic) bond motifs is 6. The Labute approximate surface area is 317 Å². The Bertz CT molecular complexity index is 3210. The van der Waals surface area contributed by atoms with Crippen molar-refractivity contribution in [2.75, 3.05) is 0 Å². The molecule has 0 saturated carbocycles. The van der Waals surface area contributed by atoms with Crippen LogP contribution in [0.5, 0.6) is 0 Å². The summed E-state index contributed by atoms with van der Waals surface area (Å²) in [6.07, 6.45) is 0. The highest BCUT2D eigenvalue weighted by atomic mass is 16.4. The Morgan fingerprint density at radius 2 is 0.818 bits per heavy atom. The molecule has 0 amide bonds. The van der Waals surface area contributed by atoms with Gasteiger partial charge in [0.2, 0.25) is 11.8 Å². The molecular weight excluding hydrogens is 673 g/mol. The highest BCUT2D eigenvalue weighted by molar-refractivity contribution is 6.16. The summed E-state index contributed by atoms with van der Waals surface area (Å²) in [7, 11) is 0. The van der Waals surface area contributed by atoms with Gasteiger partial charge in [-0.05, 0) is 76.9 Å². The Kier molecular flexibility index (Phi) is 7.10.